The Bertz CT molecular complexity index is 804. The summed E-state index contributed by atoms with van der Waals surface area (Å²) in [5.41, 5.74) is -0.689. The van der Waals surface area contributed by atoms with Crippen molar-refractivity contribution in [2.75, 3.05) is 0 Å². The molecule has 1 saturated carbocycles. The summed E-state index contributed by atoms with van der Waals surface area (Å²) in [6, 6.07) is 0. The van der Waals surface area contributed by atoms with Crippen LogP contribution in [-0.2, 0) is 33.3 Å². The van der Waals surface area contributed by atoms with E-state index in [1.807, 2.05) is 20.8 Å². The van der Waals surface area contributed by atoms with Crippen LogP contribution in [-0.4, -0.2) is 59.1 Å². The first kappa shape index (κ1) is 25.8. The van der Waals surface area contributed by atoms with Crippen LogP contribution < -0.4 is 0 Å². The van der Waals surface area contributed by atoms with Crippen LogP contribution in [0.3, 0.4) is 0 Å². The molecule has 3 rings (SSSR count). The van der Waals surface area contributed by atoms with E-state index in [9.17, 15) is 19.5 Å². The van der Waals surface area contributed by atoms with Crippen molar-refractivity contribution >= 4 is 17.7 Å². The average molecular weight is 467 g/mol. The quantitative estimate of drug-likeness (QED) is 0.616. The molecule has 1 saturated heterocycles. The fourth-order valence-corrected chi connectivity index (χ4v) is 5.76. The van der Waals surface area contributed by atoms with Gasteiger partial charge in [-0.25, -0.2) is 0 Å². The molecule has 0 unspecified atom stereocenters. The first-order chi connectivity index (χ1) is 15.2. The Balaban J connectivity index is 1.78. The van der Waals surface area contributed by atoms with Gasteiger partial charge >= 0.3 is 11.9 Å². The lowest BCUT2D eigenvalue weighted by molar-refractivity contribution is -0.327. The molecule has 33 heavy (non-hydrogen) atoms. The standard InChI is InChI=1S/C25H38O8/c1-13-18-12-17(8-10-25(18,7)11-9-19(13)28)24(5,6)33-23-22(32-16(4)27)20(29)21(14(2)30-23)31-15(3)26/h9,11,13-14,17-18,20-23,29H,8,10,12H2,1-7H3/t13-,14-,17+,18-,20+,21-,22+,23-,25-/m0/s1. The maximum atomic E-state index is 12.3. The zero-order valence-corrected chi connectivity index (χ0v) is 20.7. The molecule has 0 aromatic carbocycles. The van der Waals surface area contributed by atoms with Crippen molar-refractivity contribution in [1.82, 2.24) is 0 Å². The van der Waals surface area contributed by atoms with Gasteiger partial charge in [0.1, 0.15) is 6.10 Å². The van der Waals surface area contributed by atoms with Crippen molar-refractivity contribution in [2.45, 2.75) is 104 Å². The van der Waals surface area contributed by atoms with E-state index in [-0.39, 0.29) is 29.0 Å². The fourth-order valence-electron chi connectivity index (χ4n) is 5.76. The Labute approximate surface area is 196 Å². The van der Waals surface area contributed by atoms with Gasteiger partial charge in [0.25, 0.3) is 0 Å². The largest absolute Gasteiger partial charge is 0.457 e. The second kappa shape index (κ2) is 9.47. The second-order valence-electron chi connectivity index (χ2n) is 10.7. The summed E-state index contributed by atoms with van der Waals surface area (Å²) in [4.78, 5) is 35.6. The Morgan fingerprint density at radius 1 is 1.15 bits per heavy atom. The molecule has 0 amide bonds. The van der Waals surface area contributed by atoms with Gasteiger partial charge in [-0.15, -0.1) is 0 Å². The molecule has 2 aliphatic carbocycles. The molecule has 8 nitrogen and oxygen atoms in total. The topological polar surface area (TPSA) is 108 Å². The number of fused-ring (bicyclic) bond motifs is 1. The lowest BCUT2D eigenvalue weighted by atomic mass is 9.56. The van der Waals surface area contributed by atoms with E-state index < -0.39 is 48.2 Å². The highest BCUT2D eigenvalue weighted by molar-refractivity contribution is 5.92. The summed E-state index contributed by atoms with van der Waals surface area (Å²) in [6.45, 7) is 12.3. The third-order valence-electron chi connectivity index (χ3n) is 7.86. The minimum absolute atomic E-state index is 0.0104. The molecule has 186 valence electrons. The second-order valence-corrected chi connectivity index (χ2v) is 10.7. The van der Waals surface area contributed by atoms with Crippen LogP contribution >= 0.6 is 0 Å². The van der Waals surface area contributed by atoms with Crippen LogP contribution in [0.25, 0.3) is 0 Å². The van der Waals surface area contributed by atoms with Gasteiger partial charge in [-0.2, -0.15) is 0 Å². The summed E-state index contributed by atoms with van der Waals surface area (Å²) < 4.78 is 22.9. The molecular formula is C25H38O8. The lowest BCUT2D eigenvalue weighted by Gasteiger charge is -2.52. The molecule has 0 spiro atoms. The minimum Gasteiger partial charge on any atom is -0.457 e. The number of ketones is 1. The van der Waals surface area contributed by atoms with Crippen molar-refractivity contribution in [1.29, 1.82) is 0 Å². The molecule has 0 aromatic heterocycles. The molecular weight excluding hydrogens is 428 g/mol. The predicted octanol–water partition coefficient (Wildman–Crippen LogP) is 2.95. The Morgan fingerprint density at radius 2 is 1.76 bits per heavy atom. The molecule has 2 fully saturated rings. The highest BCUT2D eigenvalue weighted by atomic mass is 16.7. The zero-order chi connectivity index (χ0) is 24.7. The van der Waals surface area contributed by atoms with Crippen molar-refractivity contribution in [3.63, 3.8) is 0 Å². The summed E-state index contributed by atoms with van der Waals surface area (Å²) in [5.74, 6) is -0.699. The first-order valence-corrected chi connectivity index (χ1v) is 11.8. The summed E-state index contributed by atoms with van der Waals surface area (Å²) in [5, 5.41) is 10.9. The van der Waals surface area contributed by atoms with Gasteiger partial charge in [0.05, 0.1) is 11.7 Å². The number of hydrogen-bond acceptors (Lipinski definition) is 8. The summed E-state index contributed by atoms with van der Waals surface area (Å²) in [6.07, 6.45) is 1.36. The van der Waals surface area contributed by atoms with Crippen molar-refractivity contribution in [2.24, 2.45) is 23.2 Å². The molecule has 0 bridgehead atoms. The van der Waals surface area contributed by atoms with Crippen molar-refractivity contribution in [3.8, 4) is 0 Å². The monoisotopic (exact) mass is 466 g/mol. The smallest absolute Gasteiger partial charge is 0.303 e. The van der Waals surface area contributed by atoms with Crippen LogP contribution in [0.5, 0.6) is 0 Å². The molecule has 9 atom stereocenters. The maximum absolute atomic E-state index is 12.3. The molecule has 1 heterocycles. The number of carbonyl (C=O) groups is 3. The van der Waals surface area contributed by atoms with Gasteiger partial charge in [0, 0.05) is 19.8 Å². The number of carbonyl (C=O) groups excluding carboxylic acids is 3. The van der Waals surface area contributed by atoms with Crippen molar-refractivity contribution < 1.29 is 38.4 Å². The Hall–Kier alpha value is -1.77. The van der Waals surface area contributed by atoms with Gasteiger partial charge in [-0.1, -0.05) is 19.9 Å². The van der Waals surface area contributed by atoms with Gasteiger partial charge in [-0.05, 0) is 63.4 Å². The number of allylic oxidation sites excluding steroid dienone is 2. The van der Waals surface area contributed by atoms with E-state index in [1.54, 1.807) is 13.0 Å². The van der Waals surface area contributed by atoms with Crippen LogP contribution in [0.15, 0.2) is 12.2 Å². The van der Waals surface area contributed by atoms with Crippen LogP contribution in [0.4, 0.5) is 0 Å². The van der Waals surface area contributed by atoms with E-state index >= 15 is 0 Å². The molecule has 3 aliphatic rings. The third kappa shape index (κ3) is 5.33. The van der Waals surface area contributed by atoms with Gasteiger partial charge in [0.2, 0.25) is 0 Å². The first-order valence-electron chi connectivity index (χ1n) is 11.8. The minimum atomic E-state index is -1.29. The number of ether oxygens (including phenoxy) is 4. The normalized spacial score (nSPS) is 41.3. The molecule has 8 heteroatoms. The Morgan fingerprint density at radius 3 is 2.36 bits per heavy atom. The summed E-state index contributed by atoms with van der Waals surface area (Å²) >= 11 is 0. The highest BCUT2D eigenvalue weighted by Gasteiger charge is 2.52. The highest BCUT2D eigenvalue weighted by Crippen LogP contribution is 2.53. The predicted molar refractivity (Wildman–Crippen MR) is 119 cm³/mol. The maximum Gasteiger partial charge on any atom is 0.303 e. The van der Waals surface area contributed by atoms with Gasteiger partial charge in [-0.3, -0.25) is 14.4 Å². The fraction of sp³-hybridized carbons (Fsp3) is 0.800. The van der Waals surface area contributed by atoms with E-state index in [0.29, 0.717) is 0 Å². The van der Waals surface area contributed by atoms with E-state index in [1.165, 1.54) is 13.8 Å². The van der Waals surface area contributed by atoms with Gasteiger partial charge in [0.15, 0.2) is 24.3 Å². The van der Waals surface area contributed by atoms with Crippen molar-refractivity contribution in [3.05, 3.63) is 12.2 Å². The molecule has 0 aromatic rings. The molecule has 1 aliphatic heterocycles. The number of aliphatic hydroxyl groups excluding tert-OH is 1. The van der Waals surface area contributed by atoms with E-state index in [2.05, 4.69) is 13.0 Å². The average Bonchev–Trinajstić information content (AvgIpc) is 2.70. The van der Waals surface area contributed by atoms with E-state index in [4.69, 9.17) is 18.9 Å². The zero-order valence-electron chi connectivity index (χ0n) is 20.7. The number of hydrogen-bond donors (Lipinski definition) is 1. The van der Waals surface area contributed by atoms with Crippen LogP contribution in [0, 0.1) is 23.2 Å². The molecule has 0 radical (unpaired) electrons. The van der Waals surface area contributed by atoms with Gasteiger partial charge < -0.3 is 24.1 Å². The van der Waals surface area contributed by atoms with Crippen LogP contribution in [0.2, 0.25) is 0 Å². The number of rotatable bonds is 5. The Kier molecular flexibility index (Phi) is 7.42. The summed E-state index contributed by atoms with van der Waals surface area (Å²) in [7, 11) is 0. The number of aliphatic hydroxyl groups is 1. The van der Waals surface area contributed by atoms with Crippen LogP contribution in [0.1, 0.15) is 67.7 Å². The molecule has 1 N–H and O–H groups in total. The SMILES string of the molecule is CC(=O)O[C@@H]1[C@@H](O)[C@@H](OC(C)=O)[C@H](OC(C)(C)[C@@H]2CC[C@@]3(C)C=CC(=O)[C@@H](C)[C@@H]3C2)O[C@H]1C. The van der Waals surface area contributed by atoms with E-state index in [0.717, 1.165) is 19.3 Å². The number of esters is 2. The lowest BCUT2D eigenvalue weighted by Crippen LogP contribution is -2.61. The third-order valence-corrected chi connectivity index (χ3v) is 7.86.